The Morgan fingerprint density at radius 2 is 1.54 bits per heavy atom. The molecule has 7 nitrogen and oxygen atoms in total. The second-order valence-electron chi connectivity index (χ2n) is 5.52. The first kappa shape index (κ1) is 19.6. The molecule has 0 spiro atoms. The van der Waals surface area contributed by atoms with Gasteiger partial charge in [-0.1, -0.05) is 0 Å². The van der Waals surface area contributed by atoms with Crippen molar-refractivity contribution < 1.29 is 22.7 Å². The summed E-state index contributed by atoms with van der Waals surface area (Å²) in [5.41, 5.74) is 1.16. The van der Waals surface area contributed by atoms with E-state index in [0.29, 0.717) is 23.7 Å². The molecular weight excluding hydrogens is 356 g/mol. The van der Waals surface area contributed by atoms with Gasteiger partial charge in [-0.05, 0) is 55.5 Å². The molecule has 0 atom stereocenters. The van der Waals surface area contributed by atoms with Crippen LogP contribution in [0.25, 0.3) is 0 Å². The van der Waals surface area contributed by atoms with Crippen molar-refractivity contribution in [3.05, 3.63) is 48.5 Å². The molecule has 8 heteroatoms. The number of carbonyl (C=O) groups excluding carboxylic acids is 1. The fourth-order valence-corrected chi connectivity index (χ4v) is 2.60. The average molecular weight is 378 g/mol. The standard InChI is InChI=1S/C18H22N2O5S/c1-4-24-16-9-5-14(6-10-16)19-18(21)13-25-17-11-7-15(8-12-17)20(2)26(3,22)23/h5-12H,4,13H2,1-3H3,(H,19,21). The first-order valence-corrected chi connectivity index (χ1v) is 9.84. The van der Waals surface area contributed by atoms with Crippen molar-refractivity contribution in [2.45, 2.75) is 6.92 Å². The first-order valence-electron chi connectivity index (χ1n) is 7.99. The lowest BCUT2D eigenvalue weighted by molar-refractivity contribution is -0.118. The van der Waals surface area contributed by atoms with Crippen molar-refractivity contribution in [1.82, 2.24) is 0 Å². The normalized spacial score (nSPS) is 10.9. The zero-order valence-electron chi connectivity index (χ0n) is 14.9. The Balaban J connectivity index is 1.87. The highest BCUT2D eigenvalue weighted by atomic mass is 32.2. The van der Waals surface area contributed by atoms with Crippen LogP contribution in [0.15, 0.2) is 48.5 Å². The summed E-state index contributed by atoms with van der Waals surface area (Å²) < 4.78 is 34.9. The Hall–Kier alpha value is -2.74. The number of anilines is 2. The van der Waals surface area contributed by atoms with E-state index in [2.05, 4.69) is 5.32 Å². The number of amides is 1. The van der Waals surface area contributed by atoms with Gasteiger partial charge in [0.15, 0.2) is 6.61 Å². The Labute approximate surface area is 153 Å². The second-order valence-corrected chi connectivity index (χ2v) is 7.53. The van der Waals surface area contributed by atoms with Crippen LogP contribution in [-0.4, -0.2) is 40.8 Å². The van der Waals surface area contributed by atoms with E-state index in [1.807, 2.05) is 6.92 Å². The molecule has 140 valence electrons. The van der Waals surface area contributed by atoms with E-state index in [1.165, 1.54) is 7.05 Å². The monoisotopic (exact) mass is 378 g/mol. The Kier molecular flexibility index (Phi) is 6.46. The minimum Gasteiger partial charge on any atom is -0.494 e. The summed E-state index contributed by atoms with van der Waals surface area (Å²) in [6.45, 7) is 2.32. The Morgan fingerprint density at radius 3 is 2.08 bits per heavy atom. The van der Waals surface area contributed by atoms with Gasteiger partial charge >= 0.3 is 0 Å². The molecule has 0 bridgehead atoms. The third-order valence-electron chi connectivity index (χ3n) is 3.52. The molecule has 2 aromatic carbocycles. The van der Waals surface area contributed by atoms with Gasteiger partial charge in [-0.25, -0.2) is 8.42 Å². The zero-order valence-corrected chi connectivity index (χ0v) is 15.7. The molecule has 2 aromatic rings. The smallest absolute Gasteiger partial charge is 0.262 e. The SMILES string of the molecule is CCOc1ccc(NC(=O)COc2ccc(N(C)S(C)(=O)=O)cc2)cc1. The maximum Gasteiger partial charge on any atom is 0.262 e. The van der Waals surface area contributed by atoms with E-state index >= 15 is 0 Å². The maximum absolute atomic E-state index is 11.9. The number of benzene rings is 2. The number of nitrogens with zero attached hydrogens (tertiary/aromatic N) is 1. The summed E-state index contributed by atoms with van der Waals surface area (Å²) in [6.07, 6.45) is 1.13. The number of hydrogen-bond donors (Lipinski definition) is 1. The van der Waals surface area contributed by atoms with Crippen molar-refractivity contribution in [1.29, 1.82) is 0 Å². The van der Waals surface area contributed by atoms with Crippen LogP contribution in [0.4, 0.5) is 11.4 Å². The third-order valence-corrected chi connectivity index (χ3v) is 4.72. The van der Waals surface area contributed by atoms with Gasteiger partial charge in [-0.3, -0.25) is 9.10 Å². The van der Waals surface area contributed by atoms with Gasteiger partial charge in [0, 0.05) is 12.7 Å². The second kappa shape index (κ2) is 8.57. The number of ether oxygens (including phenoxy) is 2. The van der Waals surface area contributed by atoms with Gasteiger partial charge in [0.05, 0.1) is 18.6 Å². The molecule has 0 saturated carbocycles. The summed E-state index contributed by atoms with van der Waals surface area (Å²) in [5, 5.41) is 2.72. The van der Waals surface area contributed by atoms with Gasteiger partial charge in [0.2, 0.25) is 10.0 Å². The van der Waals surface area contributed by atoms with Crippen molar-refractivity contribution in [3.8, 4) is 11.5 Å². The topological polar surface area (TPSA) is 84.9 Å². The van der Waals surface area contributed by atoms with Crippen LogP contribution in [0.5, 0.6) is 11.5 Å². The lowest BCUT2D eigenvalue weighted by Gasteiger charge is -2.16. The molecule has 0 fully saturated rings. The highest BCUT2D eigenvalue weighted by Crippen LogP contribution is 2.20. The molecule has 0 heterocycles. The molecule has 2 rings (SSSR count). The van der Waals surface area contributed by atoms with Crippen LogP contribution in [0.2, 0.25) is 0 Å². The van der Waals surface area contributed by atoms with Crippen molar-refractivity contribution in [2.75, 3.05) is 36.1 Å². The zero-order chi connectivity index (χ0) is 19.2. The largest absolute Gasteiger partial charge is 0.494 e. The number of carbonyl (C=O) groups is 1. The Morgan fingerprint density at radius 1 is 1.00 bits per heavy atom. The van der Waals surface area contributed by atoms with Gasteiger partial charge in [0.25, 0.3) is 5.91 Å². The van der Waals surface area contributed by atoms with Crippen LogP contribution < -0.4 is 19.1 Å². The lowest BCUT2D eigenvalue weighted by Crippen LogP contribution is -2.24. The van der Waals surface area contributed by atoms with E-state index < -0.39 is 10.0 Å². The molecule has 0 unspecified atom stereocenters. The summed E-state index contributed by atoms with van der Waals surface area (Å²) in [7, 11) is -1.85. The number of sulfonamides is 1. The quantitative estimate of drug-likeness (QED) is 0.763. The molecule has 0 aliphatic heterocycles. The van der Waals surface area contributed by atoms with Crippen molar-refractivity contribution >= 4 is 27.3 Å². The van der Waals surface area contributed by atoms with Gasteiger partial charge < -0.3 is 14.8 Å². The molecule has 1 N–H and O–H groups in total. The summed E-state index contributed by atoms with van der Waals surface area (Å²) >= 11 is 0. The van der Waals surface area contributed by atoms with Crippen LogP contribution >= 0.6 is 0 Å². The predicted molar refractivity (Wildman–Crippen MR) is 101 cm³/mol. The highest BCUT2D eigenvalue weighted by molar-refractivity contribution is 7.92. The fraction of sp³-hybridized carbons (Fsp3) is 0.278. The predicted octanol–water partition coefficient (Wildman–Crippen LogP) is 2.50. The van der Waals surface area contributed by atoms with Gasteiger partial charge in [-0.15, -0.1) is 0 Å². The Bertz CT molecular complexity index is 833. The molecule has 0 aromatic heterocycles. The molecule has 1 amide bonds. The average Bonchev–Trinajstić information content (AvgIpc) is 2.61. The number of hydrogen-bond acceptors (Lipinski definition) is 5. The van der Waals surface area contributed by atoms with Crippen LogP contribution in [-0.2, 0) is 14.8 Å². The van der Waals surface area contributed by atoms with Gasteiger partial charge in [-0.2, -0.15) is 0 Å². The van der Waals surface area contributed by atoms with E-state index in [9.17, 15) is 13.2 Å². The van der Waals surface area contributed by atoms with E-state index in [-0.39, 0.29) is 12.5 Å². The minimum absolute atomic E-state index is 0.158. The van der Waals surface area contributed by atoms with Crippen LogP contribution in [0, 0.1) is 0 Å². The van der Waals surface area contributed by atoms with Crippen molar-refractivity contribution in [3.63, 3.8) is 0 Å². The summed E-state index contributed by atoms with van der Waals surface area (Å²) in [4.78, 5) is 11.9. The van der Waals surface area contributed by atoms with Crippen molar-refractivity contribution in [2.24, 2.45) is 0 Å². The minimum atomic E-state index is -3.32. The summed E-state index contributed by atoms with van der Waals surface area (Å²) in [5.74, 6) is 0.907. The van der Waals surface area contributed by atoms with E-state index in [4.69, 9.17) is 9.47 Å². The molecular formula is C18H22N2O5S. The molecule has 0 aliphatic rings. The molecule has 0 saturated heterocycles. The van der Waals surface area contributed by atoms with E-state index in [1.54, 1.807) is 48.5 Å². The summed E-state index contributed by atoms with van der Waals surface area (Å²) in [6, 6.07) is 13.5. The van der Waals surface area contributed by atoms with E-state index in [0.717, 1.165) is 16.3 Å². The fourth-order valence-electron chi connectivity index (χ4n) is 2.09. The number of nitrogens with one attached hydrogen (secondary N) is 1. The molecule has 0 radical (unpaired) electrons. The van der Waals surface area contributed by atoms with Gasteiger partial charge in [0.1, 0.15) is 11.5 Å². The maximum atomic E-state index is 11.9. The molecule has 26 heavy (non-hydrogen) atoms. The lowest BCUT2D eigenvalue weighted by atomic mass is 10.3. The highest BCUT2D eigenvalue weighted by Gasteiger charge is 2.11. The molecule has 0 aliphatic carbocycles. The number of rotatable bonds is 8. The third kappa shape index (κ3) is 5.66. The first-order chi connectivity index (χ1) is 12.3. The van der Waals surface area contributed by atoms with Crippen LogP contribution in [0.3, 0.4) is 0 Å². The van der Waals surface area contributed by atoms with Crippen LogP contribution in [0.1, 0.15) is 6.92 Å².